The van der Waals surface area contributed by atoms with Crippen molar-refractivity contribution in [3.05, 3.63) is 55.9 Å². The number of thiophene rings is 1. The maximum absolute atomic E-state index is 13.0. The molecule has 1 aromatic heterocycles. The van der Waals surface area contributed by atoms with E-state index < -0.39 is 17.9 Å². The fourth-order valence-electron chi connectivity index (χ4n) is 1.57. The average molecular weight is 331 g/mol. The summed E-state index contributed by atoms with van der Waals surface area (Å²) in [5.41, 5.74) is 0.491. The van der Waals surface area contributed by atoms with Crippen LogP contribution in [0.5, 0.6) is 0 Å². The van der Waals surface area contributed by atoms with Gasteiger partial charge in [0.05, 0.1) is 10.4 Å². The van der Waals surface area contributed by atoms with E-state index in [1.807, 2.05) is 0 Å². The SMILES string of the molecule is O=C(O)c1ccsc1C(O)c1ccc(F)cc1Br. The van der Waals surface area contributed by atoms with Gasteiger partial charge in [-0.15, -0.1) is 11.3 Å². The predicted octanol–water partition coefficient (Wildman–Crippen LogP) is 3.43. The van der Waals surface area contributed by atoms with Crippen molar-refractivity contribution in [1.29, 1.82) is 0 Å². The van der Waals surface area contributed by atoms with E-state index in [9.17, 15) is 14.3 Å². The predicted molar refractivity (Wildman–Crippen MR) is 69.4 cm³/mol. The minimum atomic E-state index is -1.09. The molecule has 0 spiro atoms. The normalized spacial score (nSPS) is 12.4. The Morgan fingerprint density at radius 3 is 2.72 bits per heavy atom. The molecular weight excluding hydrogens is 323 g/mol. The summed E-state index contributed by atoms with van der Waals surface area (Å²) in [5.74, 6) is -1.52. The highest BCUT2D eigenvalue weighted by atomic mass is 79.9. The van der Waals surface area contributed by atoms with Gasteiger partial charge in [-0.25, -0.2) is 9.18 Å². The van der Waals surface area contributed by atoms with Crippen molar-refractivity contribution >= 4 is 33.2 Å². The molecule has 1 aromatic carbocycles. The van der Waals surface area contributed by atoms with Gasteiger partial charge in [0, 0.05) is 10.0 Å². The number of aliphatic hydroxyl groups is 1. The number of halogens is 2. The Hall–Kier alpha value is -1.24. The lowest BCUT2D eigenvalue weighted by Gasteiger charge is -2.12. The number of benzene rings is 1. The van der Waals surface area contributed by atoms with Gasteiger partial charge < -0.3 is 10.2 Å². The van der Waals surface area contributed by atoms with Crippen molar-refractivity contribution in [2.45, 2.75) is 6.10 Å². The van der Waals surface area contributed by atoms with Crippen LogP contribution in [0.15, 0.2) is 34.1 Å². The summed E-state index contributed by atoms with van der Waals surface area (Å²) in [5, 5.41) is 20.8. The van der Waals surface area contributed by atoms with E-state index in [0.29, 0.717) is 14.9 Å². The van der Waals surface area contributed by atoms with E-state index in [1.165, 1.54) is 24.3 Å². The number of rotatable bonds is 3. The molecule has 94 valence electrons. The first-order valence-corrected chi connectivity index (χ1v) is 6.61. The van der Waals surface area contributed by atoms with Crippen LogP contribution >= 0.6 is 27.3 Å². The second kappa shape index (κ2) is 5.17. The zero-order valence-corrected chi connectivity index (χ0v) is 11.3. The summed E-state index contributed by atoms with van der Waals surface area (Å²) in [7, 11) is 0. The lowest BCUT2D eigenvalue weighted by Crippen LogP contribution is -2.05. The highest BCUT2D eigenvalue weighted by Gasteiger charge is 2.21. The topological polar surface area (TPSA) is 57.5 Å². The van der Waals surface area contributed by atoms with Crippen LogP contribution in [0.2, 0.25) is 0 Å². The molecule has 0 fully saturated rings. The average Bonchev–Trinajstić information content (AvgIpc) is 2.77. The van der Waals surface area contributed by atoms with Crippen molar-refractivity contribution in [1.82, 2.24) is 0 Å². The Labute approximate surface area is 115 Å². The standard InChI is InChI=1S/C12H8BrFO3S/c13-9-5-6(14)1-2-7(9)10(15)11-8(12(16)17)3-4-18-11/h1-5,10,15H,(H,16,17). The van der Waals surface area contributed by atoms with Crippen molar-refractivity contribution in [3.8, 4) is 0 Å². The molecule has 0 saturated carbocycles. The second-order valence-electron chi connectivity index (χ2n) is 3.57. The summed E-state index contributed by atoms with van der Waals surface area (Å²) in [6.07, 6.45) is -1.09. The molecule has 3 nitrogen and oxygen atoms in total. The zero-order valence-electron chi connectivity index (χ0n) is 8.93. The first-order chi connectivity index (χ1) is 8.50. The van der Waals surface area contributed by atoms with Crippen LogP contribution in [-0.2, 0) is 0 Å². The Morgan fingerprint density at radius 2 is 2.11 bits per heavy atom. The lowest BCUT2D eigenvalue weighted by molar-refractivity contribution is 0.0692. The Morgan fingerprint density at radius 1 is 1.39 bits per heavy atom. The van der Waals surface area contributed by atoms with Crippen LogP contribution in [-0.4, -0.2) is 16.2 Å². The van der Waals surface area contributed by atoms with Crippen molar-refractivity contribution in [2.24, 2.45) is 0 Å². The highest BCUT2D eigenvalue weighted by molar-refractivity contribution is 9.10. The van der Waals surface area contributed by atoms with Crippen LogP contribution in [0, 0.1) is 5.82 Å². The number of aromatic carboxylic acids is 1. The van der Waals surface area contributed by atoms with Crippen LogP contribution in [0.1, 0.15) is 26.9 Å². The van der Waals surface area contributed by atoms with Crippen LogP contribution < -0.4 is 0 Å². The van der Waals surface area contributed by atoms with E-state index in [2.05, 4.69) is 15.9 Å². The van der Waals surface area contributed by atoms with Gasteiger partial charge in [0.2, 0.25) is 0 Å². The van der Waals surface area contributed by atoms with Crippen molar-refractivity contribution < 1.29 is 19.4 Å². The number of hydrogen-bond acceptors (Lipinski definition) is 3. The fourth-order valence-corrected chi connectivity index (χ4v) is 3.03. The Kier molecular flexibility index (Phi) is 3.79. The van der Waals surface area contributed by atoms with Crippen LogP contribution in [0.4, 0.5) is 4.39 Å². The molecular formula is C12H8BrFO3S. The molecule has 0 aliphatic carbocycles. The minimum Gasteiger partial charge on any atom is -0.478 e. The summed E-state index contributed by atoms with van der Waals surface area (Å²) >= 11 is 4.30. The third-order valence-electron chi connectivity index (χ3n) is 2.43. The molecule has 2 rings (SSSR count). The highest BCUT2D eigenvalue weighted by Crippen LogP contribution is 2.33. The molecule has 0 aliphatic rings. The van der Waals surface area contributed by atoms with Gasteiger partial charge in [-0.3, -0.25) is 0 Å². The number of hydrogen-bond donors (Lipinski definition) is 2. The molecule has 2 aromatic rings. The molecule has 0 radical (unpaired) electrons. The summed E-state index contributed by atoms with van der Waals surface area (Å²) in [6.45, 7) is 0. The maximum Gasteiger partial charge on any atom is 0.336 e. The molecule has 2 N–H and O–H groups in total. The quantitative estimate of drug-likeness (QED) is 0.906. The number of carbonyl (C=O) groups is 1. The number of carboxylic acids is 1. The van der Waals surface area contributed by atoms with Gasteiger partial charge in [-0.05, 0) is 23.6 Å². The minimum absolute atomic E-state index is 0.0590. The number of aliphatic hydroxyl groups excluding tert-OH is 1. The molecule has 1 atom stereocenters. The Bertz CT molecular complexity index is 597. The van der Waals surface area contributed by atoms with Crippen LogP contribution in [0.3, 0.4) is 0 Å². The summed E-state index contributed by atoms with van der Waals surface area (Å²) < 4.78 is 13.4. The largest absolute Gasteiger partial charge is 0.478 e. The lowest BCUT2D eigenvalue weighted by atomic mass is 10.1. The maximum atomic E-state index is 13.0. The van der Waals surface area contributed by atoms with Gasteiger partial charge in [-0.2, -0.15) is 0 Å². The zero-order chi connectivity index (χ0) is 13.3. The van der Waals surface area contributed by atoms with Gasteiger partial charge >= 0.3 is 5.97 Å². The molecule has 0 bridgehead atoms. The third kappa shape index (κ3) is 2.45. The molecule has 0 amide bonds. The van der Waals surface area contributed by atoms with E-state index in [1.54, 1.807) is 5.38 Å². The molecule has 1 unspecified atom stereocenters. The van der Waals surface area contributed by atoms with E-state index >= 15 is 0 Å². The van der Waals surface area contributed by atoms with Gasteiger partial charge in [0.1, 0.15) is 11.9 Å². The van der Waals surface area contributed by atoms with Gasteiger partial charge in [0.25, 0.3) is 0 Å². The summed E-state index contributed by atoms with van der Waals surface area (Å²) in [6, 6.07) is 5.31. The van der Waals surface area contributed by atoms with Crippen molar-refractivity contribution in [3.63, 3.8) is 0 Å². The second-order valence-corrected chi connectivity index (χ2v) is 5.37. The van der Waals surface area contributed by atoms with E-state index in [-0.39, 0.29) is 5.56 Å². The summed E-state index contributed by atoms with van der Waals surface area (Å²) in [4.78, 5) is 11.3. The third-order valence-corrected chi connectivity index (χ3v) is 4.09. The molecule has 0 saturated heterocycles. The number of carboxylic acid groups (broad SMARTS) is 1. The van der Waals surface area contributed by atoms with Crippen LogP contribution in [0.25, 0.3) is 0 Å². The van der Waals surface area contributed by atoms with Gasteiger partial charge in [-0.1, -0.05) is 22.0 Å². The molecule has 18 heavy (non-hydrogen) atoms. The molecule has 1 heterocycles. The smallest absolute Gasteiger partial charge is 0.336 e. The Balaban J connectivity index is 2.44. The monoisotopic (exact) mass is 330 g/mol. The van der Waals surface area contributed by atoms with Gasteiger partial charge in [0.15, 0.2) is 0 Å². The first kappa shape index (κ1) is 13.2. The first-order valence-electron chi connectivity index (χ1n) is 4.94. The van der Waals surface area contributed by atoms with E-state index in [0.717, 1.165) is 11.3 Å². The molecule has 0 aliphatic heterocycles. The fraction of sp³-hybridized carbons (Fsp3) is 0.0833. The van der Waals surface area contributed by atoms with Crippen molar-refractivity contribution in [2.75, 3.05) is 0 Å². The van der Waals surface area contributed by atoms with E-state index in [4.69, 9.17) is 5.11 Å². The molecule has 6 heteroatoms.